The molecule has 0 atom stereocenters. The lowest BCUT2D eigenvalue weighted by atomic mass is 10.0. The molecule has 1 aromatic carbocycles. The summed E-state index contributed by atoms with van der Waals surface area (Å²) in [5.41, 5.74) is 2.39. The van der Waals surface area contributed by atoms with Crippen LogP contribution in [0.3, 0.4) is 0 Å². The van der Waals surface area contributed by atoms with Crippen molar-refractivity contribution < 1.29 is 9.53 Å². The Labute approximate surface area is 97.6 Å². The van der Waals surface area contributed by atoms with Crippen molar-refractivity contribution in [3.63, 3.8) is 0 Å². The average molecular weight is 220 g/mol. The molecule has 0 aromatic heterocycles. The third-order valence-corrected chi connectivity index (χ3v) is 2.50. The second kappa shape index (κ2) is 5.69. The Morgan fingerprint density at radius 3 is 2.62 bits per heavy atom. The smallest absolute Gasteiger partial charge is 0.133 e. The Morgan fingerprint density at radius 1 is 1.38 bits per heavy atom. The van der Waals surface area contributed by atoms with Gasteiger partial charge in [-0.3, -0.25) is 4.79 Å². The van der Waals surface area contributed by atoms with Crippen molar-refractivity contribution in [2.45, 2.75) is 40.0 Å². The molecule has 1 rings (SSSR count). The first-order valence-electron chi connectivity index (χ1n) is 5.73. The fourth-order valence-electron chi connectivity index (χ4n) is 1.55. The quantitative estimate of drug-likeness (QED) is 0.759. The Kier molecular flexibility index (Phi) is 4.53. The molecule has 2 nitrogen and oxygen atoms in total. The summed E-state index contributed by atoms with van der Waals surface area (Å²) in [5, 5.41) is 0. The Morgan fingerprint density at radius 2 is 2.06 bits per heavy atom. The van der Waals surface area contributed by atoms with E-state index in [0.29, 0.717) is 18.9 Å². The Bertz CT molecular complexity index is 367. The maximum absolute atomic E-state index is 10.8. The molecule has 88 valence electrons. The van der Waals surface area contributed by atoms with Gasteiger partial charge in [-0.1, -0.05) is 26.0 Å². The molecular formula is C14H20O2. The van der Waals surface area contributed by atoms with Gasteiger partial charge in [0, 0.05) is 6.42 Å². The van der Waals surface area contributed by atoms with E-state index in [1.807, 2.05) is 13.0 Å². The van der Waals surface area contributed by atoms with Gasteiger partial charge in [0.05, 0.1) is 6.61 Å². The van der Waals surface area contributed by atoms with Gasteiger partial charge in [0.15, 0.2) is 0 Å². The molecule has 2 heteroatoms. The van der Waals surface area contributed by atoms with E-state index >= 15 is 0 Å². The standard InChI is InChI=1S/C14H20O2/c1-10(2)13-6-5-11(3)9-14(13)16-8-7-12(4)15/h5-6,9-10H,7-8H2,1-4H3. The van der Waals surface area contributed by atoms with E-state index in [9.17, 15) is 4.79 Å². The second-order valence-electron chi connectivity index (χ2n) is 4.50. The lowest BCUT2D eigenvalue weighted by molar-refractivity contribution is -0.117. The van der Waals surface area contributed by atoms with Crippen molar-refractivity contribution >= 4 is 5.78 Å². The van der Waals surface area contributed by atoms with Crippen LogP contribution in [0.5, 0.6) is 5.75 Å². The van der Waals surface area contributed by atoms with E-state index in [0.717, 1.165) is 5.75 Å². The molecule has 0 aliphatic rings. The highest BCUT2D eigenvalue weighted by Gasteiger charge is 2.08. The van der Waals surface area contributed by atoms with Crippen LogP contribution in [0.4, 0.5) is 0 Å². The molecule has 0 saturated carbocycles. The number of carbonyl (C=O) groups excluding carboxylic acids is 1. The summed E-state index contributed by atoms with van der Waals surface area (Å²) >= 11 is 0. The lowest BCUT2D eigenvalue weighted by Gasteiger charge is -2.14. The highest BCUT2D eigenvalue weighted by atomic mass is 16.5. The number of benzene rings is 1. The first-order chi connectivity index (χ1) is 7.50. The monoisotopic (exact) mass is 220 g/mol. The minimum Gasteiger partial charge on any atom is -0.493 e. The molecule has 0 unspecified atom stereocenters. The van der Waals surface area contributed by atoms with Gasteiger partial charge < -0.3 is 4.74 Å². The normalized spacial score (nSPS) is 10.6. The van der Waals surface area contributed by atoms with Gasteiger partial charge >= 0.3 is 0 Å². The fraction of sp³-hybridized carbons (Fsp3) is 0.500. The topological polar surface area (TPSA) is 26.3 Å². The van der Waals surface area contributed by atoms with Crippen LogP contribution in [-0.4, -0.2) is 12.4 Å². The average Bonchev–Trinajstić information content (AvgIpc) is 2.16. The minimum atomic E-state index is 0.166. The molecule has 0 amide bonds. The van der Waals surface area contributed by atoms with E-state index in [4.69, 9.17) is 4.74 Å². The second-order valence-corrected chi connectivity index (χ2v) is 4.50. The zero-order valence-electron chi connectivity index (χ0n) is 10.5. The number of hydrogen-bond donors (Lipinski definition) is 0. The summed E-state index contributed by atoms with van der Waals surface area (Å²) in [5.74, 6) is 1.52. The molecule has 0 fully saturated rings. The van der Waals surface area contributed by atoms with Crippen molar-refractivity contribution in [3.05, 3.63) is 29.3 Å². The van der Waals surface area contributed by atoms with Crippen LogP contribution in [0.25, 0.3) is 0 Å². The highest BCUT2D eigenvalue weighted by Crippen LogP contribution is 2.27. The maximum Gasteiger partial charge on any atom is 0.133 e. The van der Waals surface area contributed by atoms with Crippen LogP contribution < -0.4 is 4.74 Å². The van der Waals surface area contributed by atoms with Gasteiger partial charge in [-0.05, 0) is 37.0 Å². The number of aryl methyl sites for hydroxylation is 1. The SMILES string of the molecule is CC(=O)CCOc1cc(C)ccc1C(C)C. The summed E-state index contributed by atoms with van der Waals surface area (Å²) in [6.45, 7) is 8.38. The first kappa shape index (κ1) is 12.8. The molecule has 0 heterocycles. The predicted molar refractivity (Wildman–Crippen MR) is 66.1 cm³/mol. The minimum absolute atomic E-state index is 0.166. The molecule has 0 aliphatic carbocycles. The van der Waals surface area contributed by atoms with Crippen LogP contribution in [0, 0.1) is 6.92 Å². The molecule has 0 radical (unpaired) electrons. The summed E-state index contributed by atoms with van der Waals surface area (Å²) in [7, 11) is 0. The van der Waals surface area contributed by atoms with Crippen molar-refractivity contribution in [2.75, 3.05) is 6.61 Å². The number of carbonyl (C=O) groups is 1. The van der Waals surface area contributed by atoms with Gasteiger partial charge in [-0.2, -0.15) is 0 Å². The highest BCUT2D eigenvalue weighted by molar-refractivity contribution is 5.75. The molecule has 1 aromatic rings. The van der Waals surface area contributed by atoms with Crippen molar-refractivity contribution in [3.8, 4) is 5.75 Å². The van der Waals surface area contributed by atoms with Crippen LogP contribution in [-0.2, 0) is 4.79 Å². The van der Waals surface area contributed by atoms with Crippen LogP contribution >= 0.6 is 0 Å². The van der Waals surface area contributed by atoms with Gasteiger partial charge in [0.1, 0.15) is 11.5 Å². The van der Waals surface area contributed by atoms with E-state index < -0.39 is 0 Å². The summed E-state index contributed by atoms with van der Waals surface area (Å²) in [4.78, 5) is 10.8. The number of hydrogen-bond acceptors (Lipinski definition) is 2. The summed E-state index contributed by atoms with van der Waals surface area (Å²) in [6.07, 6.45) is 0.478. The number of ether oxygens (including phenoxy) is 1. The predicted octanol–water partition coefficient (Wildman–Crippen LogP) is 3.48. The van der Waals surface area contributed by atoms with E-state index in [-0.39, 0.29) is 5.78 Å². The number of Topliss-reactive ketones (excluding diaryl/α,β-unsaturated/α-hetero) is 1. The van der Waals surface area contributed by atoms with Crippen molar-refractivity contribution in [2.24, 2.45) is 0 Å². The van der Waals surface area contributed by atoms with Crippen LogP contribution in [0.2, 0.25) is 0 Å². The largest absolute Gasteiger partial charge is 0.493 e. The molecule has 0 saturated heterocycles. The Hall–Kier alpha value is -1.31. The molecule has 0 bridgehead atoms. The Balaban J connectivity index is 2.76. The molecular weight excluding hydrogens is 200 g/mol. The van der Waals surface area contributed by atoms with Gasteiger partial charge in [0.2, 0.25) is 0 Å². The number of rotatable bonds is 5. The van der Waals surface area contributed by atoms with Gasteiger partial charge in [-0.25, -0.2) is 0 Å². The lowest BCUT2D eigenvalue weighted by Crippen LogP contribution is -2.05. The van der Waals surface area contributed by atoms with E-state index in [1.54, 1.807) is 6.92 Å². The first-order valence-corrected chi connectivity index (χ1v) is 5.73. The van der Waals surface area contributed by atoms with Crippen molar-refractivity contribution in [1.29, 1.82) is 0 Å². The molecule has 16 heavy (non-hydrogen) atoms. The summed E-state index contributed by atoms with van der Waals surface area (Å²) in [6, 6.07) is 6.23. The third-order valence-electron chi connectivity index (χ3n) is 2.50. The van der Waals surface area contributed by atoms with E-state index in [1.165, 1.54) is 11.1 Å². The number of ketones is 1. The van der Waals surface area contributed by atoms with Crippen LogP contribution in [0.15, 0.2) is 18.2 Å². The zero-order chi connectivity index (χ0) is 12.1. The van der Waals surface area contributed by atoms with Crippen LogP contribution in [0.1, 0.15) is 44.2 Å². The molecule has 0 aliphatic heterocycles. The van der Waals surface area contributed by atoms with Gasteiger partial charge in [-0.15, -0.1) is 0 Å². The van der Waals surface area contributed by atoms with E-state index in [2.05, 4.69) is 26.0 Å². The zero-order valence-corrected chi connectivity index (χ0v) is 10.5. The molecule has 0 spiro atoms. The third kappa shape index (κ3) is 3.69. The van der Waals surface area contributed by atoms with Gasteiger partial charge in [0.25, 0.3) is 0 Å². The summed E-state index contributed by atoms with van der Waals surface area (Å²) < 4.78 is 5.67. The van der Waals surface area contributed by atoms with Crippen molar-refractivity contribution in [1.82, 2.24) is 0 Å². The fourth-order valence-corrected chi connectivity index (χ4v) is 1.55. The maximum atomic E-state index is 10.8. The molecule has 0 N–H and O–H groups in total.